The van der Waals surface area contributed by atoms with Crippen molar-refractivity contribution >= 4 is 5.71 Å². The highest BCUT2D eigenvalue weighted by Gasteiger charge is 2.32. The van der Waals surface area contributed by atoms with Gasteiger partial charge in [0.2, 0.25) is 11.8 Å². The smallest absolute Gasteiger partial charge is 0.247 e. The van der Waals surface area contributed by atoms with Crippen molar-refractivity contribution in [1.82, 2.24) is 10.2 Å². The largest absolute Gasteiger partial charge is 0.497 e. The van der Waals surface area contributed by atoms with E-state index in [1.54, 1.807) is 7.11 Å². The van der Waals surface area contributed by atoms with Crippen LogP contribution in [0.1, 0.15) is 31.2 Å². The number of methoxy groups -OCH3 is 1. The summed E-state index contributed by atoms with van der Waals surface area (Å²) in [6.45, 7) is 2.15. The van der Waals surface area contributed by atoms with Gasteiger partial charge in [0.1, 0.15) is 5.75 Å². The van der Waals surface area contributed by atoms with Crippen molar-refractivity contribution < 1.29 is 9.15 Å². The number of aromatic nitrogens is 2. The molecule has 2 heterocycles. The highest BCUT2D eigenvalue weighted by atomic mass is 16.5. The summed E-state index contributed by atoms with van der Waals surface area (Å²) in [5, 5.41) is 8.40. The van der Waals surface area contributed by atoms with Gasteiger partial charge in [-0.2, -0.15) is 0 Å². The minimum absolute atomic E-state index is 0.213. The van der Waals surface area contributed by atoms with Gasteiger partial charge in [-0.3, -0.25) is 4.99 Å². The highest BCUT2D eigenvalue weighted by molar-refractivity contribution is 6.02. The van der Waals surface area contributed by atoms with E-state index in [-0.39, 0.29) is 5.54 Å². The Morgan fingerprint density at radius 2 is 1.77 bits per heavy atom. The average Bonchev–Trinajstić information content (AvgIpc) is 3.30. The van der Waals surface area contributed by atoms with E-state index in [0.29, 0.717) is 18.2 Å². The van der Waals surface area contributed by atoms with Gasteiger partial charge in [-0.1, -0.05) is 18.2 Å². The molecule has 4 rings (SSSR count). The summed E-state index contributed by atoms with van der Waals surface area (Å²) in [5.74, 6) is 2.04. The van der Waals surface area contributed by atoms with Crippen LogP contribution < -0.4 is 4.74 Å². The monoisotopic (exact) mass is 347 g/mol. The Morgan fingerprint density at radius 1 is 1.00 bits per heavy atom. The lowest BCUT2D eigenvalue weighted by atomic mass is 9.95. The van der Waals surface area contributed by atoms with Crippen LogP contribution >= 0.6 is 0 Å². The number of aliphatic imine (C=N–C) groups is 1. The molecule has 132 valence electrons. The summed E-state index contributed by atoms with van der Waals surface area (Å²) in [6.07, 6.45) is 2.56. The molecule has 0 radical (unpaired) electrons. The molecule has 0 spiro atoms. The van der Waals surface area contributed by atoms with E-state index in [4.69, 9.17) is 14.1 Å². The Kier molecular flexibility index (Phi) is 4.29. The van der Waals surface area contributed by atoms with E-state index < -0.39 is 0 Å². The van der Waals surface area contributed by atoms with Crippen LogP contribution in [0.4, 0.5) is 0 Å². The van der Waals surface area contributed by atoms with Crippen molar-refractivity contribution in [3.8, 4) is 17.2 Å². The van der Waals surface area contributed by atoms with Crippen LogP contribution in [-0.4, -0.2) is 28.6 Å². The van der Waals surface area contributed by atoms with Crippen LogP contribution in [0.15, 0.2) is 64.0 Å². The quantitative estimate of drug-likeness (QED) is 0.689. The molecule has 0 saturated carbocycles. The van der Waals surface area contributed by atoms with Crippen molar-refractivity contribution in [1.29, 1.82) is 0 Å². The maximum absolute atomic E-state index is 5.86. The van der Waals surface area contributed by atoms with Gasteiger partial charge in [-0.05, 0) is 61.7 Å². The molecule has 26 heavy (non-hydrogen) atoms. The Labute approximate surface area is 152 Å². The first kappa shape index (κ1) is 16.5. The lowest BCUT2D eigenvalue weighted by molar-refractivity contribution is 0.400. The van der Waals surface area contributed by atoms with Gasteiger partial charge in [-0.15, -0.1) is 10.2 Å². The molecule has 0 aliphatic carbocycles. The van der Waals surface area contributed by atoms with Crippen LogP contribution in [-0.2, 0) is 6.42 Å². The molecule has 0 unspecified atom stereocenters. The predicted octanol–water partition coefficient (Wildman–Crippen LogP) is 4.33. The third-order valence-corrected chi connectivity index (χ3v) is 4.75. The van der Waals surface area contributed by atoms with E-state index >= 15 is 0 Å². The Hall–Kier alpha value is -2.95. The summed E-state index contributed by atoms with van der Waals surface area (Å²) >= 11 is 0. The highest BCUT2D eigenvalue weighted by Crippen LogP contribution is 2.32. The molecule has 2 aromatic carbocycles. The number of nitrogens with zero attached hydrogens (tertiary/aromatic N) is 3. The van der Waals surface area contributed by atoms with Crippen LogP contribution in [0.25, 0.3) is 11.5 Å². The lowest BCUT2D eigenvalue weighted by Gasteiger charge is -2.17. The minimum Gasteiger partial charge on any atom is -0.497 e. The third kappa shape index (κ3) is 3.38. The predicted molar refractivity (Wildman–Crippen MR) is 101 cm³/mol. The van der Waals surface area contributed by atoms with Crippen LogP contribution in [0.2, 0.25) is 0 Å². The van der Waals surface area contributed by atoms with Gasteiger partial charge in [0.15, 0.2) is 0 Å². The number of benzene rings is 2. The number of rotatable bonds is 5. The molecule has 0 amide bonds. The Morgan fingerprint density at radius 3 is 2.50 bits per heavy atom. The Balaban J connectivity index is 1.51. The first-order valence-corrected chi connectivity index (χ1v) is 8.76. The molecule has 0 N–H and O–H groups in total. The van der Waals surface area contributed by atoms with Crippen molar-refractivity contribution in [2.24, 2.45) is 4.99 Å². The topological polar surface area (TPSA) is 60.5 Å². The van der Waals surface area contributed by atoms with Gasteiger partial charge in [0.25, 0.3) is 0 Å². The van der Waals surface area contributed by atoms with E-state index in [2.05, 4.69) is 29.3 Å². The summed E-state index contributed by atoms with van der Waals surface area (Å²) in [5.41, 5.74) is 2.99. The molecule has 1 aliphatic rings. The second-order valence-corrected chi connectivity index (χ2v) is 6.83. The van der Waals surface area contributed by atoms with E-state index in [0.717, 1.165) is 35.4 Å². The maximum Gasteiger partial charge on any atom is 0.247 e. The summed E-state index contributed by atoms with van der Waals surface area (Å²) < 4.78 is 11.1. The van der Waals surface area contributed by atoms with Crippen LogP contribution in [0, 0.1) is 0 Å². The zero-order valence-electron chi connectivity index (χ0n) is 15.0. The normalized spacial score (nSPS) is 19.4. The second kappa shape index (κ2) is 6.75. The SMILES string of the molecule is COc1ccc(C2=N[C@](C)(Cc3nnc(-c4ccccc4)o3)CC2)cc1. The van der Waals surface area contributed by atoms with Gasteiger partial charge in [0.05, 0.1) is 19.1 Å². The van der Waals surface area contributed by atoms with E-state index in [9.17, 15) is 0 Å². The van der Waals surface area contributed by atoms with Crippen LogP contribution in [0.5, 0.6) is 5.75 Å². The summed E-state index contributed by atoms with van der Waals surface area (Å²) in [4.78, 5) is 4.97. The van der Waals surface area contributed by atoms with Crippen molar-refractivity contribution in [2.45, 2.75) is 31.7 Å². The fourth-order valence-corrected chi connectivity index (χ4v) is 3.29. The van der Waals surface area contributed by atoms with Gasteiger partial charge in [-0.25, -0.2) is 0 Å². The van der Waals surface area contributed by atoms with Crippen molar-refractivity contribution in [3.05, 3.63) is 66.1 Å². The van der Waals surface area contributed by atoms with Gasteiger partial charge < -0.3 is 9.15 Å². The molecular formula is C21H21N3O2. The second-order valence-electron chi connectivity index (χ2n) is 6.83. The fraction of sp³-hybridized carbons (Fsp3) is 0.286. The molecule has 0 saturated heterocycles. The molecule has 0 bridgehead atoms. The van der Waals surface area contributed by atoms with E-state index in [1.165, 1.54) is 0 Å². The zero-order chi connectivity index (χ0) is 18.0. The molecule has 3 aromatic rings. The number of ether oxygens (including phenoxy) is 1. The first-order valence-electron chi connectivity index (χ1n) is 8.76. The average molecular weight is 347 g/mol. The molecule has 5 nitrogen and oxygen atoms in total. The first-order chi connectivity index (χ1) is 12.6. The fourth-order valence-electron chi connectivity index (χ4n) is 3.29. The third-order valence-electron chi connectivity index (χ3n) is 4.75. The molecule has 1 aliphatic heterocycles. The van der Waals surface area contributed by atoms with Crippen LogP contribution in [0.3, 0.4) is 0 Å². The molecule has 1 aromatic heterocycles. The lowest BCUT2D eigenvalue weighted by Crippen LogP contribution is -2.21. The molecular weight excluding hydrogens is 326 g/mol. The molecule has 0 fully saturated rings. The number of hydrogen-bond acceptors (Lipinski definition) is 5. The summed E-state index contributed by atoms with van der Waals surface area (Å²) in [7, 11) is 1.67. The maximum atomic E-state index is 5.86. The molecule has 5 heteroatoms. The van der Waals surface area contributed by atoms with Crippen molar-refractivity contribution in [3.63, 3.8) is 0 Å². The van der Waals surface area contributed by atoms with Gasteiger partial charge >= 0.3 is 0 Å². The van der Waals surface area contributed by atoms with Gasteiger partial charge in [0, 0.05) is 11.3 Å². The standard InChI is InChI=1S/C21H21N3O2/c1-21(13-12-18(22-21)15-8-10-17(25-2)11-9-15)14-19-23-24-20(26-19)16-6-4-3-5-7-16/h3-11H,12-14H2,1-2H3/t21-/m0/s1. The zero-order valence-corrected chi connectivity index (χ0v) is 15.0. The molecule has 1 atom stereocenters. The Bertz CT molecular complexity index is 916. The van der Waals surface area contributed by atoms with E-state index in [1.807, 2.05) is 42.5 Å². The number of hydrogen-bond donors (Lipinski definition) is 0. The summed E-state index contributed by atoms with van der Waals surface area (Å²) in [6, 6.07) is 17.9. The van der Waals surface area contributed by atoms with Crippen molar-refractivity contribution in [2.75, 3.05) is 7.11 Å². The minimum atomic E-state index is -0.213.